The van der Waals surface area contributed by atoms with Crippen LogP contribution in [0.1, 0.15) is 21.5 Å². The molecule has 0 radical (unpaired) electrons. The first-order chi connectivity index (χ1) is 8.74. The van der Waals surface area contributed by atoms with Gasteiger partial charge >= 0.3 is 0 Å². The van der Waals surface area contributed by atoms with E-state index in [9.17, 15) is 9.59 Å². The number of hydrogen-bond acceptors (Lipinski definition) is 3. The third-order valence-electron chi connectivity index (χ3n) is 2.92. The Kier molecular flexibility index (Phi) is 2.41. The number of aromatic nitrogens is 1. The van der Waals surface area contributed by atoms with Gasteiger partial charge in [0.15, 0.2) is 5.78 Å². The van der Waals surface area contributed by atoms with Crippen LogP contribution in [-0.2, 0) is 11.2 Å². The maximum absolute atomic E-state index is 12.2. The van der Waals surface area contributed by atoms with Gasteiger partial charge in [-0.3, -0.25) is 14.6 Å². The molecule has 1 aliphatic heterocycles. The number of amides is 1. The topological polar surface area (TPSA) is 59.1 Å². The highest BCUT2D eigenvalue weighted by molar-refractivity contribution is 6.10. The molecule has 88 valence electrons. The fourth-order valence-corrected chi connectivity index (χ4v) is 2.03. The molecule has 0 bridgehead atoms. The van der Waals surface area contributed by atoms with Gasteiger partial charge in [-0.1, -0.05) is 0 Å². The zero-order valence-electron chi connectivity index (χ0n) is 9.51. The summed E-state index contributed by atoms with van der Waals surface area (Å²) in [6, 6.07) is 8.71. The predicted octanol–water partition coefficient (Wildman–Crippen LogP) is 1.81. The fraction of sp³-hybridized carbons (Fsp3) is 0.0714. The van der Waals surface area contributed by atoms with E-state index in [0.29, 0.717) is 17.5 Å². The summed E-state index contributed by atoms with van der Waals surface area (Å²) in [6.07, 6.45) is 3.50. The number of fused-ring (bicyclic) bond motifs is 1. The lowest BCUT2D eigenvalue weighted by atomic mass is 10.0. The molecule has 18 heavy (non-hydrogen) atoms. The van der Waals surface area contributed by atoms with Crippen molar-refractivity contribution in [3.05, 3.63) is 59.4 Å². The number of rotatable bonds is 2. The minimum atomic E-state index is -0.0785. The Bertz CT molecular complexity index is 635. The molecular weight excluding hydrogens is 228 g/mol. The van der Waals surface area contributed by atoms with Crippen molar-refractivity contribution in [2.45, 2.75) is 6.42 Å². The molecule has 4 nitrogen and oxygen atoms in total. The van der Waals surface area contributed by atoms with Gasteiger partial charge < -0.3 is 5.32 Å². The highest BCUT2D eigenvalue weighted by Gasteiger charge is 2.19. The van der Waals surface area contributed by atoms with E-state index >= 15 is 0 Å². The number of hydrogen-bond donors (Lipinski definition) is 1. The van der Waals surface area contributed by atoms with E-state index in [2.05, 4.69) is 10.3 Å². The Labute approximate surface area is 104 Å². The van der Waals surface area contributed by atoms with Gasteiger partial charge in [-0.15, -0.1) is 0 Å². The van der Waals surface area contributed by atoms with Crippen LogP contribution in [0.4, 0.5) is 5.69 Å². The summed E-state index contributed by atoms with van der Waals surface area (Å²) in [5, 5.41) is 2.74. The lowest BCUT2D eigenvalue weighted by Crippen LogP contribution is -2.03. The van der Waals surface area contributed by atoms with Gasteiger partial charge in [0.2, 0.25) is 5.91 Å². The molecule has 0 aliphatic carbocycles. The Morgan fingerprint density at radius 1 is 1.22 bits per heavy atom. The van der Waals surface area contributed by atoms with E-state index in [1.54, 1.807) is 42.7 Å². The van der Waals surface area contributed by atoms with Crippen LogP contribution in [0.15, 0.2) is 42.7 Å². The number of ketones is 1. The lowest BCUT2D eigenvalue weighted by Gasteiger charge is -2.03. The largest absolute Gasteiger partial charge is 0.326 e. The number of nitrogens with zero attached hydrogens (tertiary/aromatic N) is 1. The summed E-state index contributed by atoms with van der Waals surface area (Å²) in [7, 11) is 0. The first-order valence-electron chi connectivity index (χ1n) is 5.61. The van der Waals surface area contributed by atoms with E-state index in [-0.39, 0.29) is 11.7 Å². The van der Waals surface area contributed by atoms with Crippen LogP contribution in [0, 0.1) is 0 Å². The van der Waals surface area contributed by atoms with Crippen molar-refractivity contribution in [3.63, 3.8) is 0 Å². The normalized spacial score (nSPS) is 13.0. The van der Waals surface area contributed by atoms with Gasteiger partial charge in [-0.25, -0.2) is 0 Å². The molecule has 0 saturated heterocycles. The lowest BCUT2D eigenvalue weighted by molar-refractivity contribution is -0.115. The van der Waals surface area contributed by atoms with Crippen molar-refractivity contribution in [2.75, 3.05) is 5.32 Å². The van der Waals surface area contributed by atoms with Crippen LogP contribution < -0.4 is 5.32 Å². The number of anilines is 1. The maximum Gasteiger partial charge on any atom is 0.228 e. The molecule has 3 rings (SSSR count). The van der Waals surface area contributed by atoms with Crippen molar-refractivity contribution < 1.29 is 9.59 Å². The molecular formula is C14H10N2O2. The molecule has 1 N–H and O–H groups in total. The average molecular weight is 238 g/mol. The summed E-state index contributed by atoms with van der Waals surface area (Å²) in [4.78, 5) is 27.4. The standard InChI is InChI=1S/C14H10N2O2/c17-13-7-11-6-9(3-4-12(11)16-13)14(18)10-2-1-5-15-8-10/h1-6,8H,7H2,(H,16,17). The minimum absolute atomic E-state index is 0.0315. The molecule has 4 heteroatoms. The van der Waals surface area contributed by atoms with Crippen molar-refractivity contribution >= 4 is 17.4 Å². The number of nitrogens with one attached hydrogen (secondary N) is 1. The highest BCUT2D eigenvalue weighted by Crippen LogP contribution is 2.24. The van der Waals surface area contributed by atoms with Crippen LogP contribution in [0.5, 0.6) is 0 Å². The summed E-state index contributed by atoms with van der Waals surface area (Å²) >= 11 is 0. The molecule has 0 spiro atoms. The first kappa shape index (κ1) is 10.7. The average Bonchev–Trinajstić information content (AvgIpc) is 2.78. The molecule has 2 aromatic rings. The second kappa shape index (κ2) is 4.07. The summed E-state index contributed by atoms with van der Waals surface area (Å²) in [6.45, 7) is 0. The van der Waals surface area contributed by atoms with Crippen molar-refractivity contribution in [2.24, 2.45) is 0 Å². The smallest absolute Gasteiger partial charge is 0.228 e. The highest BCUT2D eigenvalue weighted by atomic mass is 16.1. The van der Waals surface area contributed by atoms with Gasteiger partial charge in [-0.05, 0) is 35.9 Å². The van der Waals surface area contributed by atoms with Gasteiger partial charge in [0.25, 0.3) is 0 Å². The zero-order valence-corrected chi connectivity index (χ0v) is 9.51. The number of pyridine rings is 1. The molecule has 2 heterocycles. The quantitative estimate of drug-likeness (QED) is 0.812. The Morgan fingerprint density at radius 3 is 2.89 bits per heavy atom. The van der Waals surface area contributed by atoms with Crippen molar-refractivity contribution in [1.82, 2.24) is 4.98 Å². The van der Waals surface area contributed by atoms with Gasteiger partial charge in [0.1, 0.15) is 0 Å². The Morgan fingerprint density at radius 2 is 2.11 bits per heavy atom. The molecule has 0 unspecified atom stereocenters. The van der Waals surface area contributed by atoms with Crippen molar-refractivity contribution in [1.29, 1.82) is 0 Å². The number of benzene rings is 1. The zero-order chi connectivity index (χ0) is 12.5. The maximum atomic E-state index is 12.2. The summed E-state index contributed by atoms with van der Waals surface area (Å²) < 4.78 is 0. The van der Waals surface area contributed by atoms with Crippen LogP contribution in [0.25, 0.3) is 0 Å². The Balaban J connectivity index is 1.97. The summed E-state index contributed by atoms with van der Waals surface area (Å²) in [5.41, 5.74) is 2.80. The van der Waals surface area contributed by atoms with Crippen LogP contribution >= 0.6 is 0 Å². The SMILES string of the molecule is O=C1Cc2cc(C(=O)c3cccnc3)ccc2N1. The van der Waals surface area contributed by atoms with E-state index in [4.69, 9.17) is 0 Å². The predicted molar refractivity (Wildman–Crippen MR) is 66.4 cm³/mol. The van der Waals surface area contributed by atoms with Crippen molar-refractivity contribution in [3.8, 4) is 0 Å². The minimum Gasteiger partial charge on any atom is -0.326 e. The second-order valence-electron chi connectivity index (χ2n) is 4.17. The monoisotopic (exact) mass is 238 g/mol. The molecule has 1 amide bonds. The first-order valence-corrected chi connectivity index (χ1v) is 5.61. The number of carbonyl (C=O) groups is 2. The molecule has 0 fully saturated rings. The van der Waals surface area contributed by atoms with E-state index in [1.165, 1.54) is 0 Å². The third-order valence-corrected chi connectivity index (χ3v) is 2.92. The molecule has 1 aromatic carbocycles. The van der Waals surface area contributed by atoms with Gasteiger partial charge in [-0.2, -0.15) is 0 Å². The fourth-order valence-electron chi connectivity index (χ4n) is 2.03. The van der Waals surface area contributed by atoms with Crippen LogP contribution in [-0.4, -0.2) is 16.7 Å². The second-order valence-corrected chi connectivity index (χ2v) is 4.17. The third kappa shape index (κ3) is 1.78. The molecule has 0 saturated carbocycles. The number of carbonyl (C=O) groups excluding carboxylic acids is 2. The van der Waals surface area contributed by atoms with E-state index in [0.717, 1.165) is 11.3 Å². The van der Waals surface area contributed by atoms with E-state index < -0.39 is 0 Å². The van der Waals surface area contributed by atoms with E-state index in [1.807, 2.05) is 0 Å². The summed E-state index contributed by atoms with van der Waals surface area (Å²) in [5.74, 6) is -0.110. The molecule has 1 aliphatic rings. The molecule has 1 aromatic heterocycles. The van der Waals surface area contributed by atoms with Crippen LogP contribution in [0.3, 0.4) is 0 Å². The van der Waals surface area contributed by atoms with Crippen LogP contribution in [0.2, 0.25) is 0 Å². The van der Waals surface area contributed by atoms with Gasteiger partial charge in [0, 0.05) is 29.2 Å². The molecule has 0 atom stereocenters. The van der Waals surface area contributed by atoms with Gasteiger partial charge in [0.05, 0.1) is 6.42 Å². The Hall–Kier alpha value is -2.49.